The zero-order valence-corrected chi connectivity index (χ0v) is 8.73. The maximum absolute atomic E-state index is 12.5. The van der Waals surface area contributed by atoms with Crippen molar-refractivity contribution in [2.24, 2.45) is 0 Å². The summed E-state index contributed by atoms with van der Waals surface area (Å²) in [7, 11) is 0. The van der Waals surface area contributed by atoms with Crippen LogP contribution in [0.1, 0.15) is 5.56 Å². The molecule has 2 N–H and O–H groups in total. The molecular formula is C11H14FNO3. The third-order valence-corrected chi connectivity index (χ3v) is 1.88. The van der Waals surface area contributed by atoms with E-state index >= 15 is 0 Å². The SMILES string of the molecule is O=C(NC[C@H](F)CO)OCc1ccccc1. The van der Waals surface area contributed by atoms with Crippen molar-refractivity contribution < 1.29 is 19.0 Å². The number of ether oxygens (including phenoxy) is 1. The van der Waals surface area contributed by atoms with Gasteiger partial charge in [-0.05, 0) is 5.56 Å². The standard InChI is InChI=1S/C11H14FNO3/c12-10(7-14)6-13-11(15)16-8-9-4-2-1-3-5-9/h1-5,10,14H,6-8H2,(H,13,15)/t10-/m0/s1. The number of carbonyl (C=O) groups is 1. The van der Waals surface area contributed by atoms with Crippen LogP contribution in [0, 0.1) is 0 Å². The van der Waals surface area contributed by atoms with Gasteiger partial charge in [-0.3, -0.25) is 0 Å². The number of amides is 1. The predicted molar refractivity (Wildman–Crippen MR) is 56.6 cm³/mol. The second kappa shape index (κ2) is 6.79. The van der Waals surface area contributed by atoms with Crippen LogP contribution in [0.3, 0.4) is 0 Å². The molecule has 16 heavy (non-hydrogen) atoms. The van der Waals surface area contributed by atoms with E-state index in [-0.39, 0.29) is 13.2 Å². The summed E-state index contributed by atoms with van der Waals surface area (Å²) in [4.78, 5) is 11.1. The molecule has 0 aliphatic rings. The second-order valence-corrected chi connectivity index (χ2v) is 3.22. The van der Waals surface area contributed by atoms with Gasteiger partial charge in [-0.2, -0.15) is 0 Å². The molecule has 0 unspecified atom stereocenters. The van der Waals surface area contributed by atoms with Crippen LogP contribution in [0.25, 0.3) is 0 Å². The molecule has 0 radical (unpaired) electrons. The molecule has 0 fully saturated rings. The maximum Gasteiger partial charge on any atom is 0.407 e. The summed E-state index contributed by atoms with van der Waals surface area (Å²) in [5.74, 6) is 0. The first-order valence-corrected chi connectivity index (χ1v) is 4.92. The lowest BCUT2D eigenvalue weighted by atomic mass is 10.2. The Morgan fingerprint density at radius 3 is 2.75 bits per heavy atom. The van der Waals surface area contributed by atoms with Crippen molar-refractivity contribution in [2.45, 2.75) is 12.8 Å². The average Bonchev–Trinajstić information content (AvgIpc) is 2.34. The number of alkyl carbamates (subject to hydrolysis) is 1. The monoisotopic (exact) mass is 227 g/mol. The van der Waals surface area contributed by atoms with E-state index in [1.165, 1.54) is 0 Å². The number of carbonyl (C=O) groups excluding carboxylic acids is 1. The van der Waals surface area contributed by atoms with Gasteiger partial charge >= 0.3 is 6.09 Å². The van der Waals surface area contributed by atoms with Crippen molar-refractivity contribution in [1.29, 1.82) is 0 Å². The minimum absolute atomic E-state index is 0.142. The molecule has 0 aromatic heterocycles. The van der Waals surface area contributed by atoms with Crippen LogP contribution < -0.4 is 5.32 Å². The van der Waals surface area contributed by atoms with Gasteiger partial charge in [-0.15, -0.1) is 0 Å². The zero-order chi connectivity index (χ0) is 11.8. The predicted octanol–water partition coefficient (Wildman–Crippen LogP) is 1.24. The van der Waals surface area contributed by atoms with Gasteiger partial charge in [0.25, 0.3) is 0 Å². The minimum atomic E-state index is -1.45. The summed E-state index contributed by atoms with van der Waals surface area (Å²) in [5.41, 5.74) is 0.858. The molecule has 88 valence electrons. The van der Waals surface area contributed by atoms with Crippen LogP contribution in [0.2, 0.25) is 0 Å². The number of nitrogens with one attached hydrogen (secondary N) is 1. The van der Waals surface area contributed by atoms with Crippen molar-refractivity contribution in [2.75, 3.05) is 13.2 Å². The van der Waals surface area contributed by atoms with E-state index in [0.29, 0.717) is 0 Å². The third kappa shape index (κ3) is 4.75. The molecule has 0 aliphatic heterocycles. The molecule has 0 bridgehead atoms. The van der Waals surface area contributed by atoms with E-state index in [9.17, 15) is 9.18 Å². The molecule has 1 rings (SSSR count). The lowest BCUT2D eigenvalue weighted by Gasteiger charge is -2.08. The van der Waals surface area contributed by atoms with Crippen LogP contribution in [-0.2, 0) is 11.3 Å². The van der Waals surface area contributed by atoms with Crippen molar-refractivity contribution in [3.63, 3.8) is 0 Å². The quantitative estimate of drug-likeness (QED) is 0.795. The highest BCUT2D eigenvalue weighted by Crippen LogP contribution is 2.00. The lowest BCUT2D eigenvalue weighted by Crippen LogP contribution is -2.32. The molecule has 1 amide bonds. The highest BCUT2D eigenvalue weighted by molar-refractivity contribution is 5.67. The largest absolute Gasteiger partial charge is 0.445 e. The highest BCUT2D eigenvalue weighted by Gasteiger charge is 2.07. The van der Waals surface area contributed by atoms with Crippen LogP contribution in [-0.4, -0.2) is 30.5 Å². The summed E-state index contributed by atoms with van der Waals surface area (Å²) in [5, 5.41) is 10.6. The van der Waals surface area contributed by atoms with Gasteiger partial charge in [0.15, 0.2) is 0 Å². The van der Waals surface area contributed by atoms with Gasteiger partial charge in [-0.25, -0.2) is 9.18 Å². The fourth-order valence-corrected chi connectivity index (χ4v) is 1.03. The number of rotatable bonds is 5. The second-order valence-electron chi connectivity index (χ2n) is 3.22. The van der Waals surface area contributed by atoms with E-state index in [1.807, 2.05) is 30.3 Å². The smallest absolute Gasteiger partial charge is 0.407 e. The molecule has 1 aromatic rings. The molecular weight excluding hydrogens is 213 g/mol. The molecule has 0 saturated carbocycles. The summed E-state index contributed by atoms with van der Waals surface area (Å²) in [6, 6.07) is 9.16. The Labute approximate surface area is 93.0 Å². The van der Waals surface area contributed by atoms with Gasteiger partial charge in [0, 0.05) is 0 Å². The summed E-state index contributed by atoms with van der Waals surface area (Å²) >= 11 is 0. The Morgan fingerprint density at radius 1 is 1.44 bits per heavy atom. The summed E-state index contributed by atoms with van der Waals surface area (Å²) < 4.78 is 17.4. The molecule has 4 nitrogen and oxygen atoms in total. The molecule has 1 atom stereocenters. The van der Waals surface area contributed by atoms with Gasteiger partial charge in [-0.1, -0.05) is 30.3 Å². The number of hydrogen-bond acceptors (Lipinski definition) is 3. The molecule has 0 saturated heterocycles. The Balaban J connectivity index is 2.20. The van der Waals surface area contributed by atoms with Gasteiger partial charge in [0.2, 0.25) is 0 Å². The average molecular weight is 227 g/mol. The number of alkyl halides is 1. The zero-order valence-electron chi connectivity index (χ0n) is 8.73. The maximum atomic E-state index is 12.5. The molecule has 1 aromatic carbocycles. The Morgan fingerprint density at radius 2 is 2.12 bits per heavy atom. The lowest BCUT2D eigenvalue weighted by molar-refractivity contribution is 0.129. The van der Waals surface area contributed by atoms with Gasteiger partial charge in [0.05, 0.1) is 13.2 Å². The Kier molecular flexibility index (Phi) is 5.28. The van der Waals surface area contributed by atoms with Crippen LogP contribution in [0.4, 0.5) is 9.18 Å². The number of benzene rings is 1. The van der Waals surface area contributed by atoms with Gasteiger partial charge < -0.3 is 15.2 Å². The van der Waals surface area contributed by atoms with Crippen molar-refractivity contribution in [1.82, 2.24) is 5.32 Å². The van der Waals surface area contributed by atoms with E-state index in [4.69, 9.17) is 9.84 Å². The van der Waals surface area contributed by atoms with Crippen molar-refractivity contribution in [3.8, 4) is 0 Å². The first-order chi connectivity index (χ1) is 7.72. The topological polar surface area (TPSA) is 58.6 Å². The van der Waals surface area contributed by atoms with Crippen molar-refractivity contribution in [3.05, 3.63) is 35.9 Å². The number of aliphatic hydroxyl groups is 1. The fourth-order valence-electron chi connectivity index (χ4n) is 1.03. The van der Waals surface area contributed by atoms with E-state index < -0.39 is 18.9 Å². The number of hydrogen-bond donors (Lipinski definition) is 2. The Bertz CT molecular complexity index is 318. The third-order valence-electron chi connectivity index (χ3n) is 1.88. The highest BCUT2D eigenvalue weighted by atomic mass is 19.1. The number of aliphatic hydroxyl groups excluding tert-OH is 1. The summed E-state index contributed by atoms with van der Waals surface area (Å²) in [6.07, 6.45) is -2.15. The first kappa shape index (κ1) is 12.4. The molecule has 0 spiro atoms. The molecule has 0 aliphatic carbocycles. The fraction of sp³-hybridized carbons (Fsp3) is 0.364. The van der Waals surface area contributed by atoms with Gasteiger partial charge in [0.1, 0.15) is 12.8 Å². The van der Waals surface area contributed by atoms with Crippen LogP contribution in [0.15, 0.2) is 30.3 Å². The van der Waals surface area contributed by atoms with Crippen molar-refractivity contribution >= 4 is 6.09 Å². The Hall–Kier alpha value is -1.62. The first-order valence-electron chi connectivity index (χ1n) is 4.92. The van der Waals surface area contributed by atoms with Crippen LogP contribution >= 0.6 is 0 Å². The normalized spacial score (nSPS) is 11.9. The van der Waals surface area contributed by atoms with E-state index in [2.05, 4.69) is 5.32 Å². The summed E-state index contributed by atoms with van der Waals surface area (Å²) in [6.45, 7) is -0.716. The van der Waals surface area contributed by atoms with E-state index in [1.54, 1.807) is 0 Å². The number of halogens is 1. The minimum Gasteiger partial charge on any atom is -0.445 e. The van der Waals surface area contributed by atoms with E-state index in [0.717, 1.165) is 5.56 Å². The molecule has 0 heterocycles. The molecule has 5 heteroatoms. The van der Waals surface area contributed by atoms with Crippen LogP contribution in [0.5, 0.6) is 0 Å².